The molecule has 1 aliphatic carbocycles. The number of benzene rings is 8. The topological polar surface area (TPSA) is 20.5 Å². The third kappa shape index (κ3) is 5.16. The van der Waals surface area contributed by atoms with Gasteiger partial charge >= 0.3 is 0 Å². The van der Waals surface area contributed by atoms with Crippen LogP contribution in [0.15, 0.2) is 200 Å². The molecule has 0 N–H and O–H groups in total. The average Bonchev–Trinajstić information content (AvgIpc) is 3.78. The second kappa shape index (κ2) is 12.9. The molecule has 0 radical (unpaired) electrons. The van der Waals surface area contributed by atoms with Crippen LogP contribution < -0.4 is 4.90 Å². The van der Waals surface area contributed by atoms with Crippen molar-refractivity contribution in [3.8, 4) is 44.8 Å². The first-order chi connectivity index (χ1) is 28.1. The van der Waals surface area contributed by atoms with E-state index >= 15 is 0 Å². The summed E-state index contributed by atoms with van der Waals surface area (Å²) in [5.41, 5.74) is 16.2. The fourth-order valence-electron chi connectivity index (χ4n) is 9.30. The SMILES string of the molecule is CC1(C)c2ccccc2-c2c(N(c3ccc4c(c3)cc(-c3ccccc3)n3nc(-c5ccccc5)c(-c5ccccc5)c43)c3cccc4ccccc34)cccc21. The van der Waals surface area contributed by atoms with Crippen LogP contribution in [0, 0.1) is 0 Å². The zero-order valence-electron chi connectivity index (χ0n) is 31.9. The molecule has 8 aromatic carbocycles. The summed E-state index contributed by atoms with van der Waals surface area (Å²) in [7, 11) is 0. The Bertz CT molecular complexity index is 3140. The average molecular weight is 730 g/mol. The van der Waals surface area contributed by atoms with E-state index < -0.39 is 0 Å². The monoisotopic (exact) mass is 729 g/mol. The highest BCUT2D eigenvalue weighted by Gasteiger charge is 2.38. The molecular weight excluding hydrogens is 691 g/mol. The molecule has 0 spiro atoms. The van der Waals surface area contributed by atoms with Crippen molar-refractivity contribution in [2.24, 2.45) is 0 Å². The summed E-state index contributed by atoms with van der Waals surface area (Å²) in [5, 5.41) is 10.2. The zero-order chi connectivity index (χ0) is 38.1. The number of fused-ring (bicyclic) bond motifs is 7. The van der Waals surface area contributed by atoms with Gasteiger partial charge in [0.2, 0.25) is 0 Å². The first kappa shape index (κ1) is 33.1. The number of anilines is 3. The molecular formula is C54H39N3. The van der Waals surface area contributed by atoms with Crippen molar-refractivity contribution < 1.29 is 0 Å². The molecule has 11 rings (SSSR count). The summed E-state index contributed by atoms with van der Waals surface area (Å²) in [6.07, 6.45) is 0. The molecule has 1 aliphatic rings. The highest BCUT2D eigenvalue weighted by Crippen LogP contribution is 2.55. The van der Waals surface area contributed by atoms with Gasteiger partial charge in [-0.1, -0.05) is 184 Å². The van der Waals surface area contributed by atoms with Gasteiger partial charge in [-0.15, -0.1) is 0 Å². The Morgan fingerprint density at radius 2 is 1.07 bits per heavy atom. The first-order valence-corrected chi connectivity index (χ1v) is 19.7. The van der Waals surface area contributed by atoms with Crippen LogP contribution in [-0.4, -0.2) is 9.61 Å². The maximum Gasteiger partial charge on any atom is 0.101 e. The lowest BCUT2D eigenvalue weighted by Crippen LogP contribution is -2.16. The molecule has 0 amide bonds. The molecule has 3 heteroatoms. The lowest BCUT2D eigenvalue weighted by atomic mass is 9.82. The Morgan fingerprint density at radius 1 is 0.456 bits per heavy atom. The third-order valence-corrected chi connectivity index (χ3v) is 12.0. The number of hydrogen-bond acceptors (Lipinski definition) is 2. The van der Waals surface area contributed by atoms with E-state index in [1.54, 1.807) is 0 Å². The molecule has 0 bridgehead atoms. The van der Waals surface area contributed by atoms with Crippen molar-refractivity contribution >= 4 is 44.1 Å². The van der Waals surface area contributed by atoms with Crippen LogP contribution in [0.1, 0.15) is 25.0 Å². The van der Waals surface area contributed by atoms with Crippen molar-refractivity contribution in [2.75, 3.05) is 4.90 Å². The van der Waals surface area contributed by atoms with Gasteiger partial charge in [0.1, 0.15) is 5.69 Å². The summed E-state index contributed by atoms with van der Waals surface area (Å²) in [4.78, 5) is 2.50. The molecule has 0 unspecified atom stereocenters. The largest absolute Gasteiger partial charge is 0.309 e. The molecule has 0 fully saturated rings. The zero-order valence-corrected chi connectivity index (χ0v) is 31.9. The minimum atomic E-state index is -0.127. The van der Waals surface area contributed by atoms with Gasteiger partial charge in [-0.3, -0.25) is 0 Å². The first-order valence-electron chi connectivity index (χ1n) is 19.7. The van der Waals surface area contributed by atoms with E-state index in [-0.39, 0.29) is 5.41 Å². The smallest absolute Gasteiger partial charge is 0.101 e. The summed E-state index contributed by atoms with van der Waals surface area (Å²) in [6, 6.07) is 72.5. The number of hydrogen-bond donors (Lipinski definition) is 0. The van der Waals surface area contributed by atoms with Crippen LogP contribution in [0.3, 0.4) is 0 Å². The van der Waals surface area contributed by atoms with E-state index in [9.17, 15) is 0 Å². The fraction of sp³-hybridized carbons (Fsp3) is 0.0556. The maximum absolute atomic E-state index is 5.45. The van der Waals surface area contributed by atoms with Gasteiger partial charge < -0.3 is 4.90 Å². The molecule has 2 heterocycles. The number of rotatable bonds is 6. The highest BCUT2D eigenvalue weighted by molar-refractivity contribution is 6.11. The minimum absolute atomic E-state index is 0.127. The predicted molar refractivity (Wildman–Crippen MR) is 239 cm³/mol. The molecule has 10 aromatic rings. The lowest BCUT2D eigenvalue weighted by molar-refractivity contribution is 0.660. The van der Waals surface area contributed by atoms with Crippen molar-refractivity contribution in [1.29, 1.82) is 0 Å². The van der Waals surface area contributed by atoms with Crippen molar-refractivity contribution in [3.63, 3.8) is 0 Å². The molecule has 57 heavy (non-hydrogen) atoms. The number of pyridine rings is 1. The Labute approximate surface area is 332 Å². The Kier molecular flexibility index (Phi) is 7.52. The van der Waals surface area contributed by atoms with Crippen LogP contribution in [0.2, 0.25) is 0 Å². The van der Waals surface area contributed by atoms with Crippen molar-refractivity contribution in [2.45, 2.75) is 19.3 Å². The van der Waals surface area contributed by atoms with Crippen LogP contribution >= 0.6 is 0 Å². The van der Waals surface area contributed by atoms with E-state index in [4.69, 9.17) is 5.10 Å². The molecule has 3 nitrogen and oxygen atoms in total. The second-order valence-electron chi connectivity index (χ2n) is 15.6. The summed E-state index contributed by atoms with van der Waals surface area (Å²) in [6.45, 7) is 4.71. The van der Waals surface area contributed by atoms with Crippen LogP contribution in [-0.2, 0) is 5.41 Å². The Morgan fingerprint density at radius 3 is 1.86 bits per heavy atom. The fourth-order valence-corrected chi connectivity index (χ4v) is 9.30. The predicted octanol–water partition coefficient (Wildman–Crippen LogP) is 14.4. The number of nitrogens with zero attached hydrogens (tertiary/aromatic N) is 3. The van der Waals surface area contributed by atoms with Crippen LogP contribution in [0.4, 0.5) is 17.1 Å². The second-order valence-corrected chi connectivity index (χ2v) is 15.6. The molecule has 270 valence electrons. The van der Waals surface area contributed by atoms with Gasteiger partial charge in [0, 0.05) is 44.1 Å². The van der Waals surface area contributed by atoms with Gasteiger partial charge in [-0.25, -0.2) is 4.52 Å². The van der Waals surface area contributed by atoms with E-state index in [2.05, 4.69) is 223 Å². The van der Waals surface area contributed by atoms with E-state index in [0.29, 0.717) is 0 Å². The standard InChI is InChI=1S/C54H39N3/c1-54(2)45-28-15-14-27-44(45)51-46(54)29-17-31-48(51)56(47-30-16-25-36-18-12-13-26-42(36)47)41-32-33-43-40(34-41)35-49(37-19-6-3-7-20-37)57-53(43)50(38-21-8-4-9-22-38)52(55-57)39-23-10-5-11-24-39/h3-35H,1-2H3. The van der Waals surface area contributed by atoms with Crippen LogP contribution in [0.25, 0.3) is 71.8 Å². The van der Waals surface area contributed by atoms with E-state index in [1.807, 2.05) is 0 Å². The van der Waals surface area contributed by atoms with Gasteiger partial charge in [-0.05, 0) is 63.4 Å². The summed E-state index contributed by atoms with van der Waals surface area (Å²) in [5.74, 6) is 0. The summed E-state index contributed by atoms with van der Waals surface area (Å²) < 4.78 is 2.17. The van der Waals surface area contributed by atoms with Crippen LogP contribution in [0.5, 0.6) is 0 Å². The quantitative estimate of drug-likeness (QED) is 0.170. The Hall–Kier alpha value is -7.23. The van der Waals surface area contributed by atoms with Gasteiger partial charge in [0.15, 0.2) is 0 Å². The third-order valence-electron chi connectivity index (χ3n) is 12.0. The molecule has 0 saturated carbocycles. The maximum atomic E-state index is 5.45. The highest BCUT2D eigenvalue weighted by atomic mass is 15.2. The van der Waals surface area contributed by atoms with Gasteiger partial charge in [-0.2, -0.15) is 5.10 Å². The number of aromatic nitrogens is 2. The normalized spacial score (nSPS) is 12.9. The van der Waals surface area contributed by atoms with E-state index in [0.717, 1.165) is 61.3 Å². The van der Waals surface area contributed by atoms with Gasteiger partial charge in [0.05, 0.1) is 22.6 Å². The molecule has 2 aromatic heterocycles. The molecule has 0 aliphatic heterocycles. The summed E-state index contributed by atoms with van der Waals surface area (Å²) >= 11 is 0. The van der Waals surface area contributed by atoms with E-state index in [1.165, 1.54) is 38.7 Å². The van der Waals surface area contributed by atoms with Crippen molar-refractivity contribution in [3.05, 3.63) is 211 Å². The minimum Gasteiger partial charge on any atom is -0.309 e. The molecule has 0 saturated heterocycles. The van der Waals surface area contributed by atoms with Gasteiger partial charge in [0.25, 0.3) is 0 Å². The van der Waals surface area contributed by atoms with Crippen molar-refractivity contribution in [1.82, 2.24) is 9.61 Å². The lowest BCUT2D eigenvalue weighted by Gasteiger charge is -2.30. The molecule has 0 atom stereocenters. The Balaban J connectivity index is 1.24.